The van der Waals surface area contributed by atoms with Gasteiger partial charge in [0.15, 0.2) is 5.78 Å². The molecular formula is C14H11ClN2O5S. The molecule has 7 nitrogen and oxygen atoms in total. The summed E-state index contributed by atoms with van der Waals surface area (Å²) in [6, 6.07) is 10.6. The Hall–Kier alpha value is -2.29. The van der Waals surface area contributed by atoms with E-state index in [4.69, 9.17) is 11.6 Å². The zero-order valence-electron chi connectivity index (χ0n) is 11.6. The number of hydrogen-bond donors (Lipinski definition) is 1. The van der Waals surface area contributed by atoms with Crippen molar-refractivity contribution < 1.29 is 18.1 Å². The highest BCUT2D eigenvalue weighted by molar-refractivity contribution is 7.89. The SMILES string of the molecule is O=C(CNS(=O)(=O)c1cccc([N+](=O)[O-])c1)c1ccc(Cl)cc1. The second-order valence-corrected chi connectivity index (χ2v) is 6.71. The molecule has 0 saturated heterocycles. The van der Waals surface area contributed by atoms with E-state index in [1.807, 2.05) is 0 Å². The summed E-state index contributed by atoms with van der Waals surface area (Å²) < 4.78 is 26.3. The summed E-state index contributed by atoms with van der Waals surface area (Å²) in [6.45, 7) is -0.466. The van der Waals surface area contributed by atoms with Gasteiger partial charge in [0.1, 0.15) is 0 Å². The fraction of sp³-hybridized carbons (Fsp3) is 0.0714. The smallest absolute Gasteiger partial charge is 0.270 e. The molecule has 0 unspecified atom stereocenters. The predicted octanol–water partition coefficient (Wildman–Crippen LogP) is 2.41. The van der Waals surface area contributed by atoms with Gasteiger partial charge in [-0.05, 0) is 30.3 Å². The number of nitro groups is 1. The van der Waals surface area contributed by atoms with E-state index in [-0.39, 0.29) is 10.6 Å². The largest absolute Gasteiger partial charge is 0.293 e. The minimum absolute atomic E-state index is 0.282. The number of nitrogens with zero attached hydrogens (tertiary/aromatic N) is 1. The molecule has 2 aromatic carbocycles. The van der Waals surface area contributed by atoms with Gasteiger partial charge in [-0.15, -0.1) is 0 Å². The standard InChI is InChI=1S/C14H11ClN2O5S/c15-11-6-4-10(5-7-11)14(18)9-16-23(21,22)13-3-1-2-12(8-13)17(19)20/h1-8,16H,9H2. The Kier molecular flexibility index (Phi) is 5.09. The van der Waals surface area contributed by atoms with Gasteiger partial charge in [-0.1, -0.05) is 17.7 Å². The summed E-state index contributed by atoms with van der Waals surface area (Å²) in [7, 11) is -4.03. The molecule has 0 bridgehead atoms. The van der Waals surface area contributed by atoms with Crippen LogP contribution in [-0.4, -0.2) is 25.7 Å². The first kappa shape index (κ1) is 17.1. The Bertz CT molecular complexity index is 850. The van der Waals surface area contributed by atoms with Crippen molar-refractivity contribution in [1.29, 1.82) is 0 Å². The van der Waals surface area contributed by atoms with Gasteiger partial charge in [-0.2, -0.15) is 0 Å². The predicted molar refractivity (Wildman–Crippen MR) is 84.1 cm³/mol. The summed E-state index contributed by atoms with van der Waals surface area (Å²) >= 11 is 5.71. The van der Waals surface area contributed by atoms with Crippen LogP contribution < -0.4 is 4.72 Å². The topological polar surface area (TPSA) is 106 Å². The van der Waals surface area contributed by atoms with Crippen LogP contribution in [0, 0.1) is 10.1 Å². The van der Waals surface area contributed by atoms with Gasteiger partial charge in [0.25, 0.3) is 5.69 Å². The van der Waals surface area contributed by atoms with Crippen molar-refractivity contribution in [3.63, 3.8) is 0 Å². The number of Topliss-reactive ketones (excluding diaryl/α,β-unsaturated/α-hetero) is 1. The Balaban J connectivity index is 2.12. The number of carbonyl (C=O) groups excluding carboxylic acids is 1. The number of rotatable bonds is 6. The molecule has 0 aromatic heterocycles. The molecule has 0 heterocycles. The van der Waals surface area contributed by atoms with Crippen molar-refractivity contribution in [1.82, 2.24) is 4.72 Å². The maximum absolute atomic E-state index is 12.1. The average molecular weight is 355 g/mol. The molecule has 2 rings (SSSR count). The quantitative estimate of drug-likeness (QED) is 0.487. The lowest BCUT2D eigenvalue weighted by atomic mass is 10.1. The van der Waals surface area contributed by atoms with Crippen molar-refractivity contribution >= 4 is 33.1 Å². The van der Waals surface area contributed by atoms with Gasteiger partial charge >= 0.3 is 0 Å². The van der Waals surface area contributed by atoms with Crippen LogP contribution in [0.25, 0.3) is 0 Å². The Morgan fingerprint density at radius 3 is 2.43 bits per heavy atom. The van der Waals surface area contributed by atoms with E-state index in [2.05, 4.69) is 4.72 Å². The maximum Gasteiger partial charge on any atom is 0.270 e. The van der Waals surface area contributed by atoms with Gasteiger partial charge in [0.2, 0.25) is 10.0 Å². The van der Waals surface area contributed by atoms with Crippen LogP contribution in [-0.2, 0) is 10.0 Å². The lowest BCUT2D eigenvalue weighted by Gasteiger charge is -2.06. The van der Waals surface area contributed by atoms with Gasteiger partial charge in [-0.3, -0.25) is 14.9 Å². The number of sulfonamides is 1. The molecule has 9 heteroatoms. The average Bonchev–Trinajstić information content (AvgIpc) is 2.53. The molecule has 0 aliphatic rings. The molecule has 0 aliphatic heterocycles. The third-order valence-electron chi connectivity index (χ3n) is 2.93. The van der Waals surface area contributed by atoms with E-state index in [9.17, 15) is 23.3 Å². The molecular weight excluding hydrogens is 344 g/mol. The highest BCUT2D eigenvalue weighted by Crippen LogP contribution is 2.17. The number of hydrogen-bond acceptors (Lipinski definition) is 5. The molecule has 1 N–H and O–H groups in total. The fourth-order valence-corrected chi connectivity index (χ4v) is 2.89. The molecule has 120 valence electrons. The lowest BCUT2D eigenvalue weighted by molar-refractivity contribution is -0.385. The van der Waals surface area contributed by atoms with Crippen LogP contribution in [0.15, 0.2) is 53.4 Å². The first-order valence-corrected chi connectivity index (χ1v) is 8.18. The molecule has 0 atom stereocenters. The first-order chi connectivity index (χ1) is 10.8. The second-order valence-electron chi connectivity index (χ2n) is 4.51. The second kappa shape index (κ2) is 6.86. The number of carbonyl (C=O) groups is 1. The van der Waals surface area contributed by atoms with Crippen molar-refractivity contribution in [2.45, 2.75) is 4.90 Å². The number of benzene rings is 2. The fourth-order valence-electron chi connectivity index (χ4n) is 1.75. The van der Waals surface area contributed by atoms with Crippen LogP contribution in [0.1, 0.15) is 10.4 Å². The van der Waals surface area contributed by atoms with Crippen LogP contribution in [0.4, 0.5) is 5.69 Å². The van der Waals surface area contributed by atoms with Crippen LogP contribution in [0.2, 0.25) is 5.02 Å². The van der Waals surface area contributed by atoms with E-state index in [1.54, 1.807) is 0 Å². The summed E-state index contributed by atoms with van der Waals surface area (Å²) in [6.07, 6.45) is 0. The number of ketones is 1. The molecule has 2 aromatic rings. The van der Waals surface area contributed by atoms with Gasteiger partial charge in [-0.25, -0.2) is 13.1 Å². The summed E-state index contributed by atoms with van der Waals surface area (Å²) in [5.74, 6) is -0.448. The van der Waals surface area contributed by atoms with Crippen molar-refractivity contribution in [2.75, 3.05) is 6.54 Å². The number of nitrogens with one attached hydrogen (secondary N) is 1. The van der Waals surface area contributed by atoms with Gasteiger partial charge in [0.05, 0.1) is 16.4 Å². The Labute approximate surface area is 137 Å². The van der Waals surface area contributed by atoms with Crippen LogP contribution >= 0.6 is 11.6 Å². The zero-order valence-corrected chi connectivity index (χ0v) is 13.2. The minimum atomic E-state index is -4.03. The molecule has 23 heavy (non-hydrogen) atoms. The molecule has 0 spiro atoms. The number of halogens is 1. The maximum atomic E-state index is 12.1. The van der Waals surface area contributed by atoms with E-state index in [0.29, 0.717) is 10.6 Å². The molecule has 0 saturated carbocycles. The minimum Gasteiger partial charge on any atom is -0.293 e. The van der Waals surface area contributed by atoms with Crippen molar-refractivity contribution in [3.8, 4) is 0 Å². The van der Waals surface area contributed by atoms with Crippen LogP contribution in [0.3, 0.4) is 0 Å². The molecule has 0 fully saturated rings. The number of nitro benzene ring substituents is 1. The highest BCUT2D eigenvalue weighted by atomic mass is 35.5. The normalized spacial score (nSPS) is 11.2. The number of non-ortho nitro benzene ring substituents is 1. The van der Waals surface area contributed by atoms with E-state index in [0.717, 1.165) is 6.07 Å². The first-order valence-electron chi connectivity index (χ1n) is 6.32. The zero-order chi connectivity index (χ0) is 17.0. The van der Waals surface area contributed by atoms with Crippen molar-refractivity contribution in [3.05, 3.63) is 69.2 Å². The van der Waals surface area contributed by atoms with Gasteiger partial charge in [0, 0.05) is 22.7 Å². The molecule has 0 amide bonds. The Morgan fingerprint density at radius 1 is 1.17 bits per heavy atom. The third kappa shape index (κ3) is 4.35. The van der Waals surface area contributed by atoms with E-state index < -0.39 is 27.3 Å². The molecule has 0 radical (unpaired) electrons. The third-order valence-corrected chi connectivity index (χ3v) is 4.58. The van der Waals surface area contributed by atoms with E-state index in [1.165, 1.54) is 42.5 Å². The monoisotopic (exact) mass is 354 g/mol. The molecule has 0 aliphatic carbocycles. The van der Waals surface area contributed by atoms with Gasteiger partial charge < -0.3 is 0 Å². The Morgan fingerprint density at radius 2 is 1.83 bits per heavy atom. The summed E-state index contributed by atoms with van der Waals surface area (Å²) in [5.41, 5.74) is -0.0481. The van der Waals surface area contributed by atoms with Crippen molar-refractivity contribution in [2.24, 2.45) is 0 Å². The van der Waals surface area contributed by atoms with E-state index >= 15 is 0 Å². The van der Waals surface area contributed by atoms with Crippen LogP contribution in [0.5, 0.6) is 0 Å². The lowest BCUT2D eigenvalue weighted by Crippen LogP contribution is -2.29. The highest BCUT2D eigenvalue weighted by Gasteiger charge is 2.19. The summed E-state index contributed by atoms with van der Waals surface area (Å²) in [5, 5.41) is 11.1. The summed E-state index contributed by atoms with van der Waals surface area (Å²) in [4.78, 5) is 21.6.